The maximum atomic E-state index is 6.27. The molecular formula is C49H40N2O. The third kappa shape index (κ3) is 5.02. The van der Waals surface area contributed by atoms with E-state index in [2.05, 4.69) is 141 Å². The van der Waals surface area contributed by atoms with E-state index in [0.29, 0.717) is 5.92 Å². The molecule has 252 valence electrons. The van der Waals surface area contributed by atoms with Crippen LogP contribution in [0.1, 0.15) is 78.8 Å². The van der Waals surface area contributed by atoms with Crippen molar-refractivity contribution in [3.05, 3.63) is 179 Å². The molecule has 10 rings (SSSR count). The average molecular weight is 673 g/mol. The number of aliphatic imine (C=N–C) groups is 2. The van der Waals surface area contributed by atoms with Crippen molar-refractivity contribution in [2.24, 2.45) is 9.98 Å². The standard InChI is InChI=1S/C49H40N2O/c1-49(2)41-20-10-8-19-40(41)47-42(49)28-26-31-23-24-33(36-16-6-7-18-39(36)46(31)47)29-35-15-12-21-43(51-48(50-35)32-13-4-3-5-14-32)34-25-27-38-37-17-9-11-22-44(37)52-45(38)30-34/h3-11,13-20,22,25-28,30,33H,12,21,23-24,29H2,1-2H3/b35-15-,50-48?,51-43?. The molecule has 1 atom stereocenters. The zero-order valence-electron chi connectivity index (χ0n) is 29.7. The van der Waals surface area contributed by atoms with Gasteiger partial charge >= 0.3 is 0 Å². The van der Waals surface area contributed by atoms with Gasteiger partial charge in [-0.05, 0) is 106 Å². The first kappa shape index (κ1) is 31.0. The molecule has 52 heavy (non-hydrogen) atoms. The second kappa shape index (κ2) is 12.2. The van der Waals surface area contributed by atoms with Crippen LogP contribution in [-0.4, -0.2) is 11.5 Å². The molecule has 7 aromatic rings. The van der Waals surface area contributed by atoms with Gasteiger partial charge in [-0.1, -0.05) is 135 Å². The SMILES string of the molecule is CC1(C)c2ccccc2-c2c1ccc1c2-c2ccccc2C(C/C2=C/CCC(c3ccc4c(c3)oc3ccccc34)=NC(c3ccccc3)=N2)CC1. The molecule has 0 fully saturated rings. The fourth-order valence-electron chi connectivity index (χ4n) is 9.11. The molecule has 0 saturated carbocycles. The summed E-state index contributed by atoms with van der Waals surface area (Å²) in [6.45, 7) is 4.76. The van der Waals surface area contributed by atoms with Crippen LogP contribution in [0.15, 0.2) is 160 Å². The Bertz CT molecular complexity index is 2630. The van der Waals surface area contributed by atoms with E-state index in [1.54, 1.807) is 0 Å². The van der Waals surface area contributed by atoms with Gasteiger partial charge in [-0.2, -0.15) is 0 Å². The Hall–Kier alpha value is -5.80. The number of para-hydroxylation sites is 1. The fraction of sp³-hybridized carbons (Fsp3) is 0.184. The Morgan fingerprint density at radius 1 is 0.635 bits per heavy atom. The van der Waals surface area contributed by atoms with Gasteiger partial charge in [0.2, 0.25) is 0 Å². The Balaban J connectivity index is 1.04. The zero-order valence-corrected chi connectivity index (χ0v) is 29.7. The van der Waals surface area contributed by atoms with E-state index in [9.17, 15) is 0 Å². The number of amidine groups is 1. The summed E-state index contributed by atoms with van der Waals surface area (Å²) in [7, 11) is 0. The maximum Gasteiger partial charge on any atom is 0.159 e. The van der Waals surface area contributed by atoms with Gasteiger partial charge in [-0.3, -0.25) is 0 Å². The van der Waals surface area contributed by atoms with Gasteiger partial charge in [-0.25, -0.2) is 9.98 Å². The van der Waals surface area contributed by atoms with Crippen LogP contribution in [0.3, 0.4) is 0 Å². The number of benzene rings is 6. The normalized spacial score (nSPS) is 18.5. The van der Waals surface area contributed by atoms with Crippen LogP contribution >= 0.6 is 0 Å². The number of fused-ring (bicyclic) bond motifs is 10. The lowest BCUT2D eigenvalue weighted by molar-refractivity contribution is 0.620. The van der Waals surface area contributed by atoms with Crippen LogP contribution in [-0.2, 0) is 11.8 Å². The molecule has 3 nitrogen and oxygen atoms in total. The fourth-order valence-corrected chi connectivity index (χ4v) is 9.11. The minimum atomic E-state index is -0.0228. The second-order valence-electron chi connectivity index (χ2n) is 15.1. The molecule has 0 N–H and O–H groups in total. The molecule has 0 spiro atoms. The Morgan fingerprint density at radius 2 is 1.40 bits per heavy atom. The highest BCUT2D eigenvalue weighted by molar-refractivity contribution is 6.15. The largest absolute Gasteiger partial charge is 0.456 e. The molecule has 2 aliphatic carbocycles. The van der Waals surface area contributed by atoms with Crippen molar-refractivity contribution in [3.8, 4) is 22.3 Å². The molecule has 0 saturated heterocycles. The van der Waals surface area contributed by atoms with Crippen molar-refractivity contribution in [2.45, 2.75) is 57.3 Å². The second-order valence-corrected chi connectivity index (χ2v) is 15.1. The predicted molar refractivity (Wildman–Crippen MR) is 216 cm³/mol. The van der Waals surface area contributed by atoms with E-state index in [0.717, 1.165) is 82.4 Å². The summed E-state index contributed by atoms with van der Waals surface area (Å²) in [4.78, 5) is 10.7. The summed E-state index contributed by atoms with van der Waals surface area (Å²) in [5, 5.41) is 2.28. The van der Waals surface area contributed by atoms with Gasteiger partial charge < -0.3 is 4.42 Å². The maximum absolute atomic E-state index is 6.27. The number of nitrogens with zero attached hydrogens (tertiary/aromatic N) is 2. The molecule has 3 heteroatoms. The minimum absolute atomic E-state index is 0.0228. The number of rotatable bonds is 4. The Kier molecular flexibility index (Phi) is 7.25. The minimum Gasteiger partial charge on any atom is -0.456 e. The van der Waals surface area contributed by atoms with Gasteiger partial charge in [-0.15, -0.1) is 0 Å². The summed E-state index contributed by atoms with van der Waals surface area (Å²) < 4.78 is 6.27. The lowest BCUT2D eigenvalue weighted by Gasteiger charge is -2.23. The van der Waals surface area contributed by atoms with Crippen LogP contribution in [0.5, 0.6) is 0 Å². The molecule has 0 amide bonds. The molecule has 0 bridgehead atoms. The van der Waals surface area contributed by atoms with Crippen LogP contribution < -0.4 is 0 Å². The molecule has 1 aliphatic heterocycles. The zero-order chi connectivity index (χ0) is 34.8. The van der Waals surface area contributed by atoms with Crippen LogP contribution in [0.25, 0.3) is 44.2 Å². The topological polar surface area (TPSA) is 37.9 Å². The van der Waals surface area contributed by atoms with E-state index < -0.39 is 0 Å². The van der Waals surface area contributed by atoms with E-state index in [1.807, 2.05) is 12.1 Å². The molecule has 3 aliphatic rings. The predicted octanol–water partition coefficient (Wildman–Crippen LogP) is 12.6. The van der Waals surface area contributed by atoms with Crippen molar-refractivity contribution in [2.75, 3.05) is 0 Å². The first-order valence-electron chi connectivity index (χ1n) is 18.7. The smallest absolute Gasteiger partial charge is 0.159 e. The molecule has 0 radical (unpaired) electrons. The first-order valence-corrected chi connectivity index (χ1v) is 18.7. The van der Waals surface area contributed by atoms with Gasteiger partial charge in [0, 0.05) is 27.4 Å². The summed E-state index contributed by atoms with van der Waals surface area (Å²) in [5.41, 5.74) is 17.4. The Labute approximate surface area is 305 Å². The lowest BCUT2D eigenvalue weighted by atomic mass is 9.81. The molecular weight excluding hydrogens is 633 g/mol. The summed E-state index contributed by atoms with van der Waals surface area (Å²) in [6, 6.07) is 48.3. The van der Waals surface area contributed by atoms with Crippen molar-refractivity contribution >= 4 is 33.5 Å². The van der Waals surface area contributed by atoms with E-state index in [4.69, 9.17) is 14.4 Å². The van der Waals surface area contributed by atoms with Crippen molar-refractivity contribution in [1.29, 1.82) is 0 Å². The monoisotopic (exact) mass is 672 g/mol. The number of aryl methyl sites for hydroxylation is 1. The van der Waals surface area contributed by atoms with Crippen molar-refractivity contribution in [3.63, 3.8) is 0 Å². The number of furan rings is 1. The van der Waals surface area contributed by atoms with Gasteiger partial charge in [0.1, 0.15) is 11.2 Å². The number of hydrogen-bond acceptors (Lipinski definition) is 3. The van der Waals surface area contributed by atoms with E-state index >= 15 is 0 Å². The van der Waals surface area contributed by atoms with Crippen molar-refractivity contribution in [1.82, 2.24) is 0 Å². The first-order chi connectivity index (χ1) is 25.5. The molecule has 6 aromatic carbocycles. The van der Waals surface area contributed by atoms with Crippen LogP contribution in [0.4, 0.5) is 0 Å². The summed E-state index contributed by atoms with van der Waals surface area (Å²) in [6.07, 6.45) is 7.07. The Morgan fingerprint density at radius 3 is 2.31 bits per heavy atom. The van der Waals surface area contributed by atoms with Gasteiger partial charge in [0.15, 0.2) is 5.84 Å². The molecule has 1 aromatic heterocycles. The van der Waals surface area contributed by atoms with Crippen LogP contribution in [0, 0.1) is 0 Å². The number of hydrogen-bond donors (Lipinski definition) is 0. The van der Waals surface area contributed by atoms with Crippen LogP contribution in [0.2, 0.25) is 0 Å². The lowest BCUT2D eigenvalue weighted by Crippen LogP contribution is -2.15. The number of allylic oxidation sites excluding steroid dienone is 2. The summed E-state index contributed by atoms with van der Waals surface area (Å²) >= 11 is 0. The summed E-state index contributed by atoms with van der Waals surface area (Å²) in [5.74, 6) is 1.11. The van der Waals surface area contributed by atoms with E-state index in [1.165, 1.54) is 44.5 Å². The van der Waals surface area contributed by atoms with Gasteiger partial charge in [0.25, 0.3) is 0 Å². The average Bonchev–Trinajstić information content (AvgIpc) is 3.59. The molecule has 2 heterocycles. The molecule has 1 unspecified atom stereocenters. The van der Waals surface area contributed by atoms with Crippen molar-refractivity contribution < 1.29 is 4.42 Å². The quantitative estimate of drug-likeness (QED) is 0.183. The van der Waals surface area contributed by atoms with E-state index in [-0.39, 0.29) is 5.41 Å². The third-order valence-electron chi connectivity index (χ3n) is 11.7. The highest BCUT2D eigenvalue weighted by atomic mass is 16.3. The van der Waals surface area contributed by atoms with Gasteiger partial charge in [0.05, 0.1) is 5.71 Å². The third-order valence-corrected chi connectivity index (χ3v) is 11.7. The highest BCUT2D eigenvalue weighted by Crippen LogP contribution is 2.55. The highest BCUT2D eigenvalue weighted by Gasteiger charge is 2.38.